The normalized spacial score (nSPS) is 19.6. The van der Waals surface area contributed by atoms with Crippen LogP contribution in [0.25, 0.3) is 0 Å². The molecular formula is C18H24N4O4S. The molecule has 8 nitrogen and oxygen atoms in total. The summed E-state index contributed by atoms with van der Waals surface area (Å²) in [7, 11) is -3.73. The van der Waals surface area contributed by atoms with E-state index in [1.54, 1.807) is 17.0 Å². The molecule has 1 amide bonds. The first-order valence-electron chi connectivity index (χ1n) is 9.09. The lowest BCUT2D eigenvalue weighted by Gasteiger charge is -2.34. The molecule has 0 aromatic heterocycles. The highest BCUT2D eigenvalue weighted by atomic mass is 32.2. The average molecular weight is 392 g/mol. The van der Waals surface area contributed by atoms with E-state index in [0.29, 0.717) is 39.3 Å². The van der Waals surface area contributed by atoms with E-state index in [2.05, 4.69) is 4.90 Å². The minimum atomic E-state index is -3.73. The van der Waals surface area contributed by atoms with Crippen molar-refractivity contribution in [2.24, 2.45) is 0 Å². The number of rotatable bonds is 5. The summed E-state index contributed by atoms with van der Waals surface area (Å²) in [6, 6.07) is 8.13. The van der Waals surface area contributed by atoms with E-state index in [-0.39, 0.29) is 29.5 Å². The molecular weight excluding hydrogens is 368 g/mol. The van der Waals surface area contributed by atoms with Gasteiger partial charge >= 0.3 is 0 Å². The first-order chi connectivity index (χ1) is 13.0. The fraction of sp³-hybridized carbons (Fsp3) is 0.556. The minimum absolute atomic E-state index is 0.0274. The van der Waals surface area contributed by atoms with Gasteiger partial charge in [0.2, 0.25) is 15.9 Å². The van der Waals surface area contributed by atoms with Gasteiger partial charge in [-0.15, -0.1) is 0 Å². The van der Waals surface area contributed by atoms with E-state index in [0.717, 1.165) is 13.1 Å². The Morgan fingerprint density at radius 2 is 1.74 bits per heavy atom. The molecule has 2 fully saturated rings. The SMILES string of the molecule is N#Cc1ccccc1S(=O)(=O)N1CCN(C(=O)CCN2CCOCC2)CC1. The number of hydrogen-bond acceptors (Lipinski definition) is 6. The summed E-state index contributed by atoms with van der Waals surface area (Å²) in [4.78, 5) is 16.4. The zero-order valence-electron chi connectivity index (χ0n) is 15.2. The number of piperazine rings is 1. The summed E-state index contributed by atoms with van der Waals surface area (Å²) in [5.74, 6) is 0.0518. The third-order valence-electron chi connectivity index (χ3n) is 4.96. The molecule has 0 saturated carbocycles. The molecule has 2 saturated heterocycles. The van der Waals surface area contributed by atoms with E-state index < -0.39 is 10.0 Å². The van der Waals surface area contributed by atoms with Gasteiger partial charge in [-0.1, -0.05) is 12.1 Å². The zero-order chi connectivity index (χ0) is 19.3. The van der Waals surface area contributed by atoms with Gasteiger partial charge in [0.1, 0.15) is 6.07 Å². The van der Waals surface area contributed by atoms with E-state index >= 15 is 0 Å². The number of nitriles is 1. The third kappa shape index (κ3) is 4.65. The zero-order valence-corrected chi connectivity index (χ0v) is 16.0. The van der Waals surface area contributed by atoms with E-state index in [9.17, 15) is 13.2 Å². The Balaban J connectivity index is 1.55. The van der Waals surface area contributed by atoms with Crippen LogP contribution in [0.3, 0.4) is 0 Å². The van der Waals surface area contributed by atoms with Crippen LogP contribution in [0, 0.1) is 11.3 Å². The van der Waals surface area contributed by atoms with Gasteiger partial charge in [-0.05, 0) is 12.1 Å². The van der Waals surface area contributed by atoms with Crippen LogP contribution in [0.5, 0.6) is 0 Å². The Morgan fingerprint density at radius 3 is 2.41 bits per heavy atom. The number of hydrogen-bond donors (Lipinski definition) is 0. The number of carbonyl (C=O) groups excluding carboxylic acids is 1. The monoisotopic (exact) mass is 392 g/mol. The molecule has 0 unspecified atom stereocenters. The summed E-state index contributed by atoms with van der Waals surface area (Å²) >= 11 is 0. The van der Waals surface area contributed by atoms with Crippen molar-refractivity contribution in [1.82, 2.24) is 14.1 Å². The van der Waals surface area contributed by atoms with Crippen LogP contribution in [0.4, 0.5) is 0 Å². The molecule has 0 atom stereocenters. The number of ether oxygens (including phenoxy) is 1. The highest BCUT2D eigenvalue weighted by Gasteiger charge is 2.31. The lowest BCUT2D eigenvalue weighted by molar-refractivity contribution is -0.133. The predicted molar refractivity (Wildman–Crippen MR) is 98.4 cm³/mol. The number of carbonyl (C=O) groups is 1. The van der Waals surface area contributed by atoms with Gasteiger partial charge in [0.15, 0.2) is 0 Å². The molecule has 1 aromatic rings. The van der Waals surface area contributed by atoms with Crippen molar-refractivity contribution in [2.45, 2.75) is 11.3 Å². The Bertz CT molecular complexity index is 807. The molecule has 0 bridgehead atoms. The molecule has 0 aliphatic carbocycles. The molecule has 0 radical (unpaired) electrons. The van der Waals surface area contributed by atoms with Gasteiger partial charge in [0.05, 0.1) is 23.7 Å². The summed E-state index contributed by atoms with van der Waals surface area (Å²) in [5, 5.41) is 9.16. The van der Waals surface area contributed by atoms with Crippen molar-refractivity contribution in [3.63, 3.8) is 0 Å². The lowest BCUT2D eigenvalue weighted by atomic mass is 10.2. The Kier molecular flexibility index (Phi) is 6.44. The quantitative estimate of drug-likeness (QED) is 0.706. The summed E-state index contributed by atoms with van der Waals surface area (Å²) in [6.45, 7) is 5.03. The van der Waals surface area contributed by atoms with Crippen molar-refractivity contribution in [3.05, 3.63) is 29.8 Å². The number of benzene rings is 1. The second-order valence-corrected chi connectivity index (χ2v) is 8.50. The lowest BCUT2D eigenvalue weighted by Crippen LogP contribution is -2.51. The molecule has 1 aromatic carbocycles. The van der Waals surface area contributed by atoms with Crippen LogP contribution in [-0.4, -0.2) is 87.5 Å². The number of morpholine rings is 1. The summed E-state index contributed by atoms with van der Waals surface area (Å²) in [6.07, 6.45) is 0.435. The molecule has 3 rings (SSSR count). The largest absolute Gasteiger partial charge is 0.379 e. The maximum atomic E-state index is 12.8. The molecule has 2 aliphatic heterocycles. The maximum Gasteiger partial charge on any atom is 0.244 e. The van der Waals surface area contributed by atoms with Crippen molar-refractivity contribution < 1.29 is 17.9 Å². The maximum absolute atomic E-state index is 12.8. The number of amides is 1. The number of nitrogens with zero attached hydrogens (tertiary/aromatic N) is 4. The van der Waals surface area contributed by atoms with Crippen LogP contribution in [0.1, 0.15) is 12.0 Å². The average Bonchev–Trinajstić information content (AvgIpc) is 2.72. The van der Waals surface area contributed by atoms with Crippen LogP contribution in [0.15, 0.2) is 29.2 Å². The Labute approximate surface area is 160 Å². The Morgan fingerprint density at radius 1 is 1.07 bits per heavy atom. The van der Waals surface area contributed by atoms with Crippen molar-refractivity contribution in [1.29, 1.82) is 5.26 Å². The first kappa shape index (κ1) is 19.8. The fourth-order valence-corrected chi connectivity index (χ4v) is 4.90. The van der Waals surface area contributed by atoms with Gasteiger partial charge in [-0.25, -0.2) is 8.42 Å². The molecule has 146 valence electrons. The van der Waals surface area contributed by atoms with E-state index in [1.807, 2.05) is 6.07 Å². The highest BCUT2D eigenvalue weighted by Crippen LogP contribution is 2.21. The van der Waals surface area contributed by atoms with Crippen LogP contribution in [0.2, 0.25) is 0 Å². The van der Waals surface area contributed by atoms with Crippen LogP contribution in [-0.2, 0) is 19.6 Å². The van der Waals surface area contributed by atoms with Gasteiger partial charge in [-0.2, -0.15) is 9.57 Å². The second-order valence-electron chi connectivity index (χ2n) is 6.60. The van der Waals surface area contributed by atoms with E-state index in [4.69, 9.17) is 10.00 Å². The van der Waals surface area contributed by atoms with Gasteiger partial charge in [0.25, 0.3) is 0 Å². The standard InChI is InChI=1S/C18H24N4O4S/c19-15-16-3-1-2-4-17(16)27(24,25)22-9-7-21(8-10-22)18(23)5-6-20-11-13-26-14-12-20/h1-4H,5-14H2. The fourth-order valence-electron chi connectivity index (χ4n) is 3.34. The van der Waals surface area contributed by atoms with Gasteiger partial charge < -0.3 is 9.64 Å². The smallest absolute Gasteiger partial charge is 0.244 e. The second kappa shape index (κ2) is 8.80. The van der Waals surface area contributed by atoms with Crippen molar-refractivity contribution >= 4 is 15.9 Å². The highest BCUT2D eigenvalue weighted by molar-refractivity contribution is 7.89. The molecule has 0 N–H and O–H groups in total. The molecule has 0 spiro atoms. The van der Waals surface area contributed by atoms with Crippen LogP contribution >= 0.6 is 0 Å². The topological polar surface area (TPSA) is 93.9 Å². The summed E-state index contributed by atoms with van der Waals surface area (Å²) < 4.78 is 32.3. The van der Waals surface area contributed by atoms with Crippen molar-refractivity contribution in [2.75, 3.05) is 59.0 Å². The molecule has 27 heavy (non-hydrogen) atoms. The van der Waals surface area contributed by atoms with Gasteiger partial charge in [0, 0.05) is 52.2 Å². The molecule has 2 heterocycles. The minimum Gasteiger partial charge on any atom is -0.379 e. The summed E-state index contributed by atoms with van der Waals surface area (Å²) in [5.41, 5.74) is 0.140. The predicted octanol–water partition coefficient (Wildman–Crippen LogP) is 0.113. The third-order valence-corrected chi connectivity index (χ3v) is 6.92. The van der Waals surface area contributed by atoms with Crippen LogP contribution < -0.4 is 0 Å². The van der Waals surface area contributed by atoms with E-state index in [1.165, 1.54) is 16.4 Å². The molecule has 2 aliphatic rings. The van der Waals surface area contributed by atoms with Gasteiger partial charge in [-0.3, -0.25) is 9.69 Å². The molecule has 9 heteroatoms. The first-order valence-corrected chi connectivity index (χ1v) is 10.5. The number of sulfonamides is 1. The Hall–Kier alpha value is -1.99. The van der Waals surface area contributed by atoms with Crippen molar-refractivity contribution in [3.8, 4) is 6.07 Å².